The van der Waals surface area contributed by atoms with Crippen LogP contribution in [0.2, 0.25) is 0 Å². The minimum Gasteiger partial charge on any atom is -0.472 e. The van der Waals surface area contributed by atoms with Crippen LogP contribution in [0, 0.1) is 5.82 Å². The van der Waals surface area contributed by atoms with Gasteiger partial charge in [-0.3, -0.25) is 14.7 Å². The summed E-state index contributed by atoms with van der Waals surface area (Å²) in [4.78, 5) is 27.5. The third-order valence-corrected chi connectivity index (χ3v) is 3.14. The Balaban J connectivity index is 1.86. The summed E-state index contributed by atoms with van der Waals surface area (Å²) in [7, 11) is 0. The second kappa shape index (κ2) is 5.72. The van der Waals surface area contributed by atoms with Crippen LogP contribution in [0.4, 0.5) is 4.39 Å². The first-order valence-electron chi connectivity index (χ1n) is 6.39. The highest BCUT2D eigenvalue weighted by Crippen LogP contribution is 2.27. The van der Waals surface area contributed by atoms with Crippen LogP contribution in [-0.2, 0) is 11.2 Å². The molecule has 0 atom stereocenters. The van der Waals surface area contributed by atoms with Crippen molar-refractivity contribution in [2.24, 2.45) is 0 Å². The Hall–Kier alpha value is -3.09. The molecule has 7 heteroatoms. The van der Waals surface area contributed by atoms with Gasteiger partial charge in [0.1, 0.15) is 12.1 Å². The lowest BCUT2D eigenvalue weighted by Gasteiger charge is -2.03. The Morgan fingerprint density at radius 1 is 1.18 bits per heavy atom. The zero-order chi connectivity index (χ0) is 15.5. The number of benzene rings is 1. The minimum atomic E-state index is -0.779. The fourth-order valence-corrected chi connectivity index (χ4v) is 2.08. The van der Waals surface area contributed by atoms with E-state index in [9.17, 15) is 14.0 Å². The first-order valence-corrected chi connectivity index (χ1v) is 6.39. The Kier molecular flexibility index (Phi) is 3.61. The number of halogens is 1. The number of ketones is 2. The van der Waals surface area contributed by atoms with Crippen molar-refractivity contribution in [3.8, 4) is 11.1 Å². The predicted octanol–water partition coefficient (Wildman–Crippen LogP) is 2.20. The molecule has 2 aromatic heterocycles. The molecule has 3 rings (SSSR count). The maximum atomic E-state index is 13.8. The molecule has 0 saturated carbocycles. The maximum Gasteiger partial charge on any atom is 0.265 e. The van der Waals surface area contributed by atoms with Gasteiger partial charge in [-0.2, -0.15) is 5.10 Å². The number of nitrogens with one attached hydrogen (secondary N) is 1. The highest BCUT2D eigenvalue weighted by Gasteiger charge is 2.22. The molecule has 0 radical (unpaired) electrons. The van der Waals surface area contributed by atoms with Gasteiger partial charge in [-0.1, -0.05) is 18.2 Å². The van der Waals surface area contributed by atoms with E-state index in [4.69, 9.17) is 4.42 Å². The van der Waals surface area contributed by atoms with E-state index in [2.05, 4.69) is 15.2 Å². The number of carbonyl (C=O) groups excluding carboxylic acids is 2. The van der Waals surface area contributed by atoms with Gasteiger partial charge in [0, 0.05) is 23.1 Å². The molecule has 6 nitrogen and oxygen atoms in total. The summed E-state index contributed by atoms with van der Waals surface area (Å²) in [5.74, 6) is -2.02. The maximum absolute atomic E-state index is 13.8. The topological polar surface area (TPSA) is 88.8 Å². The summed E-state index contributed by atoms with van der Waals surface area (Å²) in [5, 5.41) is 5.86. The van der Waals surface area contributed by atoms with E-state index in [0.717, 1.165) is 6.33 Å². The minimum absolute atomic E-state index is 0.124. The van der Waals surface area contributed by atoms with Crippen molar-refractivity contribution in [3.63, 3.8) is 0 Å². The van der Waals surface area contributed by atoms with Gasteiger partial charge in [0.25, 0.3) is 5.78 Å². The molecule has 0 fully saturated rings. The van der Waals surface area contributed by atoms with Crippen molar-refractivity contribution in [1.82, 2.24) is 15.2 Å². The molecule has 3 aromatic rings. The van der Waals surface area contributed by atoms with E-state index < -0.39 is 17.4 Å². The summed E-state index contributed by atoms with van der Waals surface area (Å²) in [6.45, 7) is 0. The van der Waals surface area contributed by atoms with E-state index in [1.165, 1.54) is 18.6 Å². The Bertz CT molecular complexity index is 824. The molecule has 1 N–H and O–H groups in total. The first-order chi connectivity index (χ1) is 10.7. The van der Waals surface area contributed by atoms with Crippen LogP contribution < -0.4 is 0 Å². The van der Waals surface area contributed by atoms with E-state index in [0.29, 0.717) is 16.7 Å². The van der Waals surface area contributed by atoms with Gasteiger partial charge in [-0.25, -0.2) is 9.37 Å². The van der Waals surface area contributed by atoms with Crippen molar-refractivity contribution in [1.29, 1.82) is 0 Å². The summed E-state index contributed by atoms with van der Waals surface area (Å²) >= 11 is 0. The molecule has 0 spiro atoms. The van der Waals surface area contributed by atoms with Gasteiger partial charge in [0.15, 0.2) is 5.82 Å². The SMILES string of the molecule is O=C(Cc1cocc1-c1ccccc1F)C(=O)c1ncn[nH]1. The quantitative estimate of drug-likeness (QED) is 0.576. The lowest BCUT2D eigenvalue weighted by molar-refractivity contribution is -0.114. The molecule has 0 aliphatic heterocycles. The number of hydrogen-bond acceptors (Lipinski definition) is 5. The zero-order valence-corrected chi connectivity index (χ0v) is 11.2. The molecule has 2 heterocycles. The summed E-state index contributed by atoms with van der Waals surface area (Å²) in [6.07, 6.45) is 3.61. The molecule has 0 unspecified atom stereocenters. The van der Waals surface area contributed by atoms with Crippen LogP contribution in [0.25, 0.3) is 11.1 Å². The van der Waals surface area contributed by atoms with E-state index in [-0.39, 0.29) is 12.2 Å². The lowest BCUT2D eigenvalue weighted by Crippen LogP contribution is -2.18. The van der Waals surface area contributed by atoms with Gasteiger partial charge in [-0.05, 0) is 6.07 Å². The number of aromatic amines is 1. The largest absolute Gasteiger partial charge is 0.472 e. The second-order valence-electron chi connectivity index (χ2n) is 4.55. The van der Waals surface area contributed by atoms with Gasteiger partial charge in [0.2, 0.25) is 5.78 Å². The van der Waals surface area contributed by atoms with Gasteiger partial charge in [0.05, 0.1) is 12.5 Å². The molecule has 0 aliphatic rings. The number of nitrogens with zero attached hydrogens (tertiary/aromatic N) is 2. The number of carbonyl (C=O) groups is 2. The van der Waals surface area contributed by atoms with Crippen LogP contribution in [-0.4, -0.2) is 26.7 Å². The second-order valence-corrected chi connectivity index (χ2v) is 4.55. The van der Waals surface area contributed by atoms with Crippen molar-refractivity contribution in [2.75, 3.05) is 0 Å². The molecule has 1 aromatic carbocycles. The number of H-pyrrole nitrogens is 1. The molecule has 110 valence electrons. The Labute approximate surface area is 124 Å². The fourth-order valence-electron chi connectivity index (χ4n) is 2.08. The fraction of sp³-hybridized carbons (Fsp3) is 0.0667. The van der Waals surface area contributed by atoms with Crippen LogP contribution in [0.3, 0.4) is 0 Å². The molecular weight excluding hydrogens is 289 g/mol. The Morgan fingerprint density at radius 2 is 2.00 bits per heavy atom. The summed E-state index contributed by atoms with van der Waals surface area (Å²) in [6, 6.07) is 6.13. The van der Waals surface area contributed by atoms with Crippen LogP contribution in [0.15, 0.2) is 47.5 Å². The van der Waals surface area contributed by atoms with Gasteiger partial charge in [-0.15, -0.1) is 0 Å². The highest BCUT2D eigenvalue weighted by molar-refractivity contribution is 6.43. The number of rotatable bonds is 5. The third kappa shape index (κ3) is 2.56. The highest BCUT2D eigenvalue weighted by atomic mass is 19.1. The molecular formula is C15H10FN3O3. The van der Waals surface area contributed by atoms with Crippen molar-refractivity contribution < 1.29 is 18.4 Å². The molecule has 0 aliphatic carbocycles. The summed E-state index contributed by atoms with van der Waals surface area (Å²) in [5.41, 5.74) is 1.19. The number of furan rings is 1. The number of Topliss-reactive ketones (excluding diaryl/α,β-unsaturated/α-hetero) is 2. The monoisotopic (exact) mass is 299 g/mol. The Morgan fingerprint density at radius 3 is 2.73 bits per heavy atom. The van der Waals surface area contributed by atoms with E-state index in [1.807, 2.05) is 0 Å². The first kappa shape index (κ1) is 13.9. The predicted molar refractivity (Wildman–Crippen MR) is 73.5 cm³/mol. The molecule has 0 saturated heterocycles. The number of aromatic nitrogens is 3. The molecule has 0 amide bonds. The van der Waals surface area contributed by atoms with E-state index in [1.54, 1.807) is 18.2 Å². The van der Waals surface area contributed by atoms with Crippen LogP contribution in [0.1, 0.15) is 16.2 Å². The smallest absolute Gasteiger partial charge is 0.265 e. The average molecular weight is 299 g/mol. The van der Waals surface area contributed by atoms with Crippen molar-refractivity contribution >= 4 is 11.6 Å². The zero-order valence-electron chi connectivity index (χ0n) is 11.2. The lowest BCUT2D eigenvalue weighted by atomic mass is 9.99. The average Bonchev–Trinajstić information content (AvgIpc) is 3.18. The van der Waals surface area contributed by atoms with E-state index >= 15 is 0 Å². The van der Waals surface area contributed by atoms with Gasteiger partial charge < -0.3 is 4.42 Å². The van der Waals surface area contributed by atoms with Gasteiger partial charge >= 0.3 is 0 Å². The molecule has 0 bridgehead atoms. The van der Waals surface area contributed by atoms with Crippen molar-refractivity contribution in [3.05, 3.63) is 60.3 Å². The van der Waals surface area contributed by atoms with Crippen molar-refractivity contribution in [2.45, 2.75) is 6.42 Å². The molecule has 22 heavy (non-hydrogen) atoms. The standard InChI is InChI=1S/C15H10FN3O3/c16-12-4-2-1-3-10(12)11-7-22-6-9(11)5-13(20)14(21)15-17-8-18-19-15/h1-4,6-8H,5H2,(H,17,18,19). The van der Waals surface area contributed by atoms with Crippen LogP contribution >= 0.6 is 0 Å². The van der Waals surface area contributed by atoms with Crippen LogP contribution in [0.5, 0.6) is 0 Å². The normalized spacial score (nSPS) is 10.6. The third-order valence-electron chi connectivity index (χ3n) is 3.14. The number of hydrogen-bond donors (Lipinski definition) is 1. The summed E-state index contributed by atoms with van der Waals surface area (Å²) < 4.78 is 18.9.